The molecule has 1 aromatic heterocycles. The third kappa shape index (κ3) is 1.63. The summed E-state index contributed by atoms with van der Waals surface area (Å²) in [5.41, 5.74) is 5.04. The Kier molecular flexibility index (Phi) is 2.64. The quantitative estimate of drug-likeness (QED) is 0.588. The minimum Gasteiger partial charge on any atom is -0.343 e. The molecule has 0 atom stereocenters. The monoisotopic (exact) mass is 255 g/mol. The van der Waals surface area contributed by atoms with Crippen LogP contribution in [0.1, 0.15) is 5.56 Å². The van der Waals surface area contributed by atoms with E-state index < -0.39 is 0 Å². The molecule has 0 aliphatic carbocycles. The predicted molar refractivity (Wildman–Crippen MR) is 78.1 cm³/mol. The van der Waals surface area contributed by atoms with Crippen LogP contribution in [-0.4, -0.2) is 4.57 Å². The van der Waals surface area contributed by atoms with Crippen LogP contribution in [0, 0.1) is 6.92 Å². The second-order valence-corrected chi connectivity index (χ2v) is 4.99. The Bertz CT molecular complexity index is 669. The van der Waals surface area contributed by atoms with Crippen molar-refractivity contribution in [3.8, 4) is 11.3 Å². The summed E-state index contributed by atoms with van der Waals surface area (Å²) in [5, 5.41) is 2.08. The first kappa shape index (κ1) is 11.4. The maximum absolute atomic E-state index is 5.95. The molecule has 1 nitrogen and oxygen atoms in total. The molecule has 1 heterocycles. The third-order valence-corrected chi connectivity index (χ3v) is 3.73. The van der Waals surface area contributed by atoms with Crippen molar-refractivity contribution in [2.45, 2.75) is 6.92 Å². The second-order valence-electron chi connectivity index (χ2n) is 4.56. The molecule has 3 rings (SSSR count). The second kappa shape index (κ2) is 4.18. The number of aromatic nitrogens is 1. The first-order chi connectivity index (χ1) is 8.68. The standard InChI is InChI=1S/C16H14ClN/c1-11-14-5-3-4-6-15(14)18(2)16(11)12-7-9-13(17)10-8-12/h3-10H,1-2H3. The van der Waals surface area contributed by atoms with Crippen molar-refractivity contribution in [2.24, 2.45) is 7.05 Å². The van der Waals surface area contributed by atoms with Gasteiger partial charge in [-0.15, -0.1) is 0 Å². The van der Waals surface area contributed by atoms with Gasteiger partial charge in [0.15, 0.2) is 0 Å². The minimum absolute atomic E-state index is 0.773. The number of para-hydroxylation sites is 1. The van der Waals surface area contributed by atoms with E-state index in [1.807, 2.05) is 12.1 Å². The van der Waals surface area contributed by atoms with Crippen LogP contribution in [0.15, 0.2) is 48.5 Å². The number of rotatable bonds is 1. The summed E-state index contributed by atoms with van der Waals surface area (Å²) in [6.45, 7) is 2.17. The molecule has 0 saturated carbocycles. The summed E-state index contributed by atoms with van der Waals surface area (Å²) >= 11 is 5.95. The molecule has 0 radical (unpaired) electrons. The number of aryl methyl sites for hydroxylation is 2. The molecule has 0 aliphatic rings. The lowest BCUT2D eigenvalue weighted by molar-refractivity contribution is 0.974. The molecule has 3 aromatic rings. The fourth-order valence-electron chi connectivity index (χ4n) is 2.60. The van der Waals surface area contributed by atoms with E-state index in [0.717, 1.165) is 5.02 Å². The molecule has 0 N–H and O–H groups in total. The highest BCUT2D eigenvalue weighted by Crippen LogP contribution is 2.32. The highest BCUT2D eigenvalue weighted by Gasteiger charge is 2.12. The van der Waals surface area contributed by atoms with E-state index in [0.29, 0.717) is 0 Å². The largest absolute Gasteiger partial charge is 0.343 e. The van der Waals surface area contributed by atoms with Gasteiger partial charge >= 0.3 is 0 Å². The molecule has 18 heavy (non-hydrogen) atoms. The highest BCUT2D eigenvalue weighted by molar-refractivity contribution is 6.30. The number of nitrogens with zero attached hydrogens (tertiary/aromatic N) is 1. The van der Waals surface area contributed by atoms with Gasteiger partial charge in [-0.1, -0.05) is 41.9 Å². The molecule has 0 aliphatic heterocycles. The Labute approximate surface area is 112 Å². The topological polar surface area (TPSA) is 4.93 Å². The zero-order valence-corrected chi connectivity index (χ0v) is 11.2. The molecule has 0 spiro atoms. The smallest absolute Gasteiger partial charge is 0.0518 e. The average Bonchev–Trinajstić information content (AvgIpc) is 2.64. The van der Waals surface area contributed by atoms with E-state index in [9.17, 15) is 0 Å². The van der Waals surface area contributed by atoms with E-state index in [1.54, 1.807) is 0 Å². The van der Waals surface area contributed by atoms with E-state index in [4.69, 9.17) is 11.6 Å². The molecular weight excluding hydrogens is 242 g/mol. The van der Waals surface area contributed by atoms with Crippen LogP contribution in [0.25, 0.3) is 22.2 Å². The summed E-state index contributed by atoms with van der Waals surface area (Å²) in [4.78, 5) is 0. The van der Waals surface area contributed by atoms with Crippen LogP contribution in [-0.2, 0) is 7.05 Å². The van der Waals surface area contributed by atoms with Crippen LogP contribution in [0.2, 0.25) is 5.02 Å². The Morgan fingerprint density at radius 3 is 2.28 bits per heavy atom. The van der Waals surface area contributed by atoms with Gasteiger partial charge in [0, 0.05) is 23.0 Å². The van der Waals surface area contributed by atoms with Gasteiger partial charge in [-0.05, 0) is 36.2 Å². The van der Waals surface area contributed by atoms with Gasteiger partial charge < -0.3 is 4.57 Å². The SMILES string of the molecule is Cc1c(-c2ccc(Cl)cc2)n(C)c2ccccc12. The normalized spacial score (nSPS) is 11.1. The number of halogens is 1. The van der Waals surface area contributed by atoms with E-state index >= 15 is 0 Å². The molecule has 2 heteroatoms. The van der Waals surface area contributed by atoms with Crippen molar-refractivity contribution in [1.82, 2.24) is 4.57 Å². The lowest BCUT2D eigenvalue weighted by atomic mass is 10.1. The van der Waals surface area contributed by atoms with Gasteiger partial charge in [0.1, 0.15) is 0 Å². The fourth-order valence-corrected chi connectivity index (χ4v) is 2.73. The number of hydrogen-bond acceptors (Lipinski definition) is 0. The van der Waals surface area contributed by atoms with E-state index in [-0.39, 0.29) is 0 Å². The van der Waals surface area contributed by atoms with Crippen molar-refractivity contribution in [3.05, 3.63) is 59.1 Å². The predicted octanol–water partition coefficient (Wildman–Crippen LogP) is 4.81. The number of hydrogen-bond donors (Lipinski definition) is 0. The first-order valence-corrected chi connectivity index (χ1v) is 6.36. The Morgan fingerprint density at radius 1 is 0.944 bits per heavy atom. The Morgan fingerprint density at radius 2 is 1.61 bits per heavy atom. The molecule has 0 fully saturated rings. The molecule has 90 valence electrons. The minimum atomic E-state index is 0.773. The summed E-state index contributed by atoms with van der Waals surface area (Å²) in [6, 6.07) is 16.5. The van der Waals surface area contributed by atoms with Crippen LogP contribution in [0.3, 0.4) is 0 Å². The van der Waals surface area contributed by atoms with Crippen LogP contribution in [0.5, 0.6) is 0 Å². The van der Waals surface area contributed by atoms with Crippen molar-refractivity contribution >= 4 is 22.5 Å². The van der Waals surface area contributed by atoms with Crippen LogP contribution < -0.4 is 0 Å². The summed E-state index contributed by atoms with van der Waals surface area (Å²) in [6.07, 6.45) is 0. The zero-order valence-electron chi connectivity index (χ0n) is 10.4. The Hall–Kier alpha value is -1.73. The zero-order chi connectivity index (χ0) is 12.7. The lowest BCUT2D eigenvalue weighted by Crippen LogP contribution is -1.92. The molecule has 0 unspecified atom stereocenters. The van der Waals surface area contributed by atoms with Gasteiger partial charge in [0.2, 0.25) is 0 Å². The maximum Gasteiger partial charge on any atom is 0.0518 e. The number of fused-ring (bicyclic) bond motifs is 1. The van der Waals surface area contributed by atoms with E-state index in [2.05, 4.69) is 54.9 Å². The van der Waals surface area contributed by atoms with Crippen molar-refractivity contribution in [3.63, 3.8) is 0 Å². The summed E-state index contributed by atoms with van der Waals surface area (Å²) in [7, 11) is 2.11. The third-order valence-electron chi connectivity index (χ3n) is 3.48. The fraction of sp³-hybridized carbons (Fsp3) is 0.125. The van der Waals surface area contributed by atoms with Gasteiger partial charge in [0.25, 0.3) is 0 Å². The maximum atomic E-state index is 5.95. The van der Waals surface area contributed by atoms with Gasteiger partial charge in [0.05, 0.1) is 5.69 Å². The highest BCUT2D eigenvalue weighted by atomic mass is 35.5. The molecule has 0 bridgehead atoms. The van der Waals surface area contributed by atoms with Gasteiger partial charge in [-0.3, -0.25) is 0 Å². The molecular formula is C16H14ClN. The van der Waals surface area contributed by atoms with Crippen LogP contribution >= 0.6 is 11.6 Å². The van der Waals surface area contributed by atoms with Crippen molar-refractivity contribution < 1.29 is 0 Å². The van der Waals surface area contributed by atoms with Crippen molar-refractivity contribution in [2.75, 3.05) is 0 Å². The average molecular weight is 256 g/mol. The molecule has 2 aromatic carbocycles. The first-order valence-electron chi connectivity index (χ1n) is 5.98. The summed E-state index contributed by atoms with van der Waals surface area (Å²) in [5.74, 6) is 0. The summed E-state index contributed by atoms with van der Waals surface area (Å²) < 4.78 is 2.24. The molecule has 0 amide bonds. The van der Waals surface area contributed by atoms with Gasteiger partial charge in [-0.25, -0.2) is 0 Å². The molecule has 0 saturated heterocycles. The van der Waals surface area contributed by atoms with E-state index in [1.165, 1.54) is 27.7 Å². The lowest BCUT2D eigenvalue weighted by Gasteiger charge is -2.06. The number of benzene rings is 2. The Balaban J connectivity index is 2.32. The van der Waals surface area contributed by atoms with Crippen LogP contribution in [0.4, 0.5) is 0 Å². The van der Waals surface area contributed by atoms with Gasteiger partial charge in [-0.2, -0.15) is 0 Å². The van der Waals surface area contributed by atoms with Crippen molar-refractivity contribution in [1.29, 1.82) is 0 Å².